The van der Waals surface area contributed by atoms with Crippen molar-refractivity contribution in [3.05, 3.63) is 71.5 Å². The van der Waals surface area contributed by atoms with Crippen LogP contribution in [0.4, 0.5) is 11.4 Å². The van der Waals surface area contributed by atoms with E-state index in [0.717, 1.165) is 29.0 Å². The second-order valence-electron chi connectivity index (χ2n) is 18.2. The van der Waals surface area contributed by atoms with Crippen molar-refractivity contribution in [2.75, 3.05) is 36.8 Å². The Bertz CT molecular complexity index is 2510. The summed E-state index contributed by atoms with van der Waals surface area (Å²) in [5.74, 6) is 3.21. The molecule has 69 heavy (non-hydrogen) atoms. The molecule has 2 aromatic rings. The lowest BCUT2D eigenvalue weighted by atomic mass is 9.77. The number of hydrazine groups is 1. The van der Waals surface area contributed by atoms with Gasteiger partial charge in [-0.15, -0.1) is 0 Å². The molecule has 2 aromatic carbocycles. The van der Waals surface area contributed by atoms with Crippen molar-refractivity contribution in [2.45, 2.75) is 137 Å². The highest BCUT2D eigenvalue weighted by atomic mass is 32.2. The predicted molar refractivity (Wildman–Crippen MR) is 255 cm³/mol. The predicted octanol–water partition coefficient (Wildman–Crippen LogP) is 3.49. The maximum absolute atomic E-state index is 13.4. The van der Waals surface area contributed by atoms with Gasteiger partial charge in [0.25, 0.3) is 10.1 Å². The number of nitrogens with one attached hydrogen (secondary N) is 4. The third-order valence-corrected chi connectivity index (χ3v) is 15.1. The Balaban J connectivity index is 1.50. The molecule has 0 aliphatic carbocycles. The highest BCUT2D eigenvalue weighted by Crippen LogP contribution is 2.52. The van der Waals surface area contributed by atoms with Crippen LogP contribution in [0.2, 0.25) is 0 Å². The van der Waals surface area contributed by atoms with Gasteiger partial charge in [0, 0.05) is 84.7 Å². The fourth-order valence-corrected chi connectivity index (χ4v) is 10.7. The maximum atomic E-state index is 13.4. The minimum absolute atomic E-state index is 0.0243. The molecule has 3 aliphatic rings. The Morgan fingerprint density at radius 2 is 1.70 bits per heavy atom. The van der Waals surface area contributed by atoms with E-state index in [4.69, 9.17) is 5.84 Å². The molecule has 20 nitrogen and oxygen atoms in total. The number of rotatable bonds is 15. The first-order valence-corrected chi connectivity index (χ1v) is 26.9. The fraction of sp³-hybridized carbons (Fsp3) is 0.543. The molecule has 3 aliphatic heterocycles. The largest absolute Gasteiger partial charge is 0.744 e. The molecular weight excluding hydrogens is 955 g/mol. The highest BCUT2D eigenvalue weighted by molar-refractivity contribution is 7.94. The average molecular weight is 1020 g/mol. The van der Waals surface area contributed by atoms with E-state index >= 15 is 0 Å². The topological polar surface area (TPSA) is 302 Å². The summed E-state index contributed by atoms with van der Waals surface area (Å²) in [6.07, 6.45) is 11.9. The Morgan fingerprint density at radius 3 is 2.41 bits per heavy atom. The smallest absolute Gasteiger partial charge is 0.264 e. The SMILES string of the molecule is CC1(C)C2=[N+](CCCCCC(=O)NCC(C(=O)NCCCCCC(=O)NN)NC(=O)CCCCCC3(C)/C(=C/C=C/2)N(CCCS(=O)(=O)O)c2ccc(S(=O)(=O)[O-])cc23)c2ccc(SOO[O-])cc21. The van der Waals surface area contributed by atoms with E-state index in [0.29, 0.717) is 99.1 Å². The highest BCUT2D eigenvalue weighted by Gasteiger charge is 2.46. The minimum Gasteiger partial charge on any atom is -0.744 e. The molecule has 23 heteroatoms. The normalized spacial score (nSPS) is 21.9. The van der Waals surface area contributed by atoms with Gasteiger partial charge in [-0.25, -0.2) is 14.3 Å². The summed E-state index contributed by atoms with van der Waals surface area (Å²) in [4.78, 5) is 53.4. The second-order valence-corrected chi connectivity index (χ2v) is 21.9. The number of unbranched alkanes of at least 4 members (excludes halogenated alkanes) is 2. The minimum atomic E-state index is -4.88. The average Bonchev–Trinajstić information content (AvgIpc) is 3.64. The van der Waals surface area contributed by atoms with Gasteiger partial charge < -0.3 is 30.7 Å². The third-order valence-electron chi connectivity index (χ3n) is 12.9. The summed E-state index contributed by atoms with van der Waals surface area (Å²) >= 11 is 0.782. The number of benzene rings is 2. The molecule has 4 amide bonds. The van der Waals surface area contributed by atoms with Crippen LogP contribution in [0.15, 0.2) is 70.1 Å². The van der Waals surface area contributed by atoms with E-state index in [9.17, 15) is 50.4 Å². The maximum Gasteiger partial charge on any atom is 0.264 e. The zero-order valence-corrected chi connectivity index (χ0v) is 41.7. The summed E-state index contributed by atoms with van der Waals surface area (Å²) < 4.78 is 77.4. The molecular formula is C46H64N7O13S3-. The van der Waals surface area contributed by atoms with Crippen molar-refractivity contribution in [1.29, 1.82) is 0 Å². The Kier molecular flexibility index (Phi) is 19.9. The van der Waals surface area contributed by atoms with E-state index in [2.05, 4.69) is 49.2 Å². The van der Waals surface area contributed by atoms with Crippen LogP contribution in [-0.2, 0) is 59.6 Å². The van der Waals surface area contributed by atoms with Crippen LogP contribution in [0.1, 0.15) is 122 Å². The van der Waals surface area contributed by atoms with Crippen LogP contribution >= 0.6 is 12.0 Å². The molecule has 5 rings (SSSR count). The van der Waals surface area contributed by atoms with Gasteiger partial charge in [-0.05, 0) is 108 Å². The number of fused-ring (bicyclic) bond motifs is 5. The number of carbonyl (C=O) groups excluding carboxylic acids is 4. The van der Waals surface area contributed by atoms with Crippen LogP contribution in [0, 0.1) is 0 Å². The van der Waals surface area contributed by atoms with Gasteiger partial charge in [-0.3, -0.25) is 34.2 Å². The van der Waals surface area contributed by atoms with Gasteiger partial charge in [0.05, 0.1) is 28.1 Å². The van der Waals surface area contributed by atoms with Gasteiger partial charge in [-0.1, -0.05) is 25.3 Å². The number of amides is 4. The van der Waals surface area contributed by atoms with Gasteiger partial charge in [0.2, 0.25) is 29.3 Å². The van der Waals surface area contributed by atoms with Crippen molar-refractivity contribution in [2.24, 2.45) is 5.84 Å². The van der Waals surface area contributed by atoms with E-state index in [-0.39, 0.29) is 50.6 Å². The van der Waals surface area contributed by atoms with E-state index in [1.165, 1.54) is 18.2 Å². The van der Waals surface area contributed by atoms with E-state index in [1.54, 1.807) is 0 Å². The zero-order chi connectivity index (χ0) is 50.4. The van der Waals surface area contributed by atoms with Crippen LogP contribution < -0.4 is 37.4 Å². The van der Waals surface area contributed by atoms with Gasteiger partial charge in [0.1, 0.15) is 22.7 Å². The van der Waals surface area contributed by atoms with E-state index < -0.39 is 59.6 Å². The molecule has 0 radical (unpaired) electrons. The van der Waals surface area contributed by atoms with Crippen LogP contribution in [0.5, 0.6) is 0 Å². The quantitative estimate of drug-likeness (QED) is 0.0218. The standard InChI is InChI=1S/C46H65N7O13S3/c1-45(2)34-29-32(67-66-65-58)20-22-37(34)52-26-12-6-9-17-41(54)49-31-36(44(57)48-25-11-5-8-19-43(56)51-47)50-42(55)18-7-4-10-24-46(3)35-30-33(69(62,63)64)21-23-38(35)53(27-14-28-68(59,60)61)40(46)16-13-15-39(45)52/h13,15-16,20-23,29-30,36H,4-12,14,17-19,24-28,31,47H2,1-3H3,(H6-,48,49,50,51,54,55,56,57,58,59,60,61,62,63,64)/p-1. The molecule has 380 valence electrons. The molecule has 0 saturated carbocycles. The summed E-state index contributed by atoms with van der Waals surface area (Å²) in [5.41, 5.74) is 5.18. The van der Waals surface area contributed by atoms with Gasteiger partial charge >= 0.3 is 0 Å². The molecule has 7 N–H and O–H groups in total. The third kappa shape index (κ3) is 15.1. The molecule has 0 saturated heterocycles. The number of nitrogens with zero attached hydrogens (tertiary/aromatic N) is 2. The number of carbonyl (C=O) groups is 4. The molecule has 0 aromatic heterocycles. The number of hydrogen-bond donors (Lipinski definition) is 6. The van der Waals surface area contributed by atoms with Crippen molar-refractivity contribution in [3.8, 4) is 0 Å². The van der Waals surface area contributed by atoms with Gasteiger partial charge in [0.15, 0.2) is 5.71 Å². The molecule has 2 atom stereocenters. The molecule has 0 fully saturated rings. The number of nitrogens with two attached hydrogens (primary N) is 1. The first kappa shape index (κ1) is 55.2. The zero-order valence-electron chi connectivity index (χ0n) is 39.3. The molecule has 3 heterocycles. The first-order chi connectivity index (χ1) is 32.7. The molecule has 0 spiro atoms. The van der Waals surface area contributed by atoms with Crippen molar-refractivity contribution in [1.82, 2.24) is 21.4 Å². The lowest BCUT2D eigenvalue weighted by Crippen LogP contribution is -2.52. The van der Waals surface area contributed by atoms with Crippen molar-refractivity contribution in [3.63, 3.8) is 0 Å². The number of allylic oxidation sites excluding steroid dienone is 4. The lowest BCUT2D eigenvalue weighted by molar-refractivity contribution is -0.777. The molecule has 2 unspecified atom stereocenters. The number of hydrogen-bond acceptors (Lipinski definition) is 15. The van der Waals surface area contributed by atoms with Crippen LogP contribution in [0.3, 0.4) is 0 Å². The fourth-order valence-electron chi connectivity index (χ4n) is 9.27. The summed E-state index contributed by atoms with van der Waals surface area (Å²) in [6.45, 7) is 6.91. The van der Waals surface area contributed by atoms with Crippen LogP contribution in [-0.4, -0.2) is 97.8 Å². The Labute approximate surface area is 408 Å². The number of anilines is 1. The summed E-state index contributed by atoms with van der Waals surface area (Å²) in [7, 11) is -9.20. The first-order valence-electron chi connectivity index (χ1n) is 23.2. The molecule has 0 bridgehead atoms. The van der Waals surface area contributed by atoms with E-state index in [1.807, 2.05) is 48.3 Å². The Morgan fingerprint density at radius 1 is 0.957 bits per heavy atom. The Hall–Kier alpha value is -4.72. The lowest BCUT2D eigenvalue weighted by Gasteiger charge is -2.30. The summed E-state index contributed by atoms with van der Waals surface area (Å²) in [5, 5.41) is 22.7. The van der Waals surface area contributed by atoms with Crippen molar-refractivity contribution < 1.29 is 64.3 Å². The van der Waals surface area contributed by atoms with Crippen molar-refractivity contribution >= 4 is 73.0 Å². The van der Waals surface area contributed by atoms with Crippen LogP contribution in [0.25, 0.3) is 0 Å². The van der Waals surface area contributed by atoms with Gasteiger partial charge in [-0.2, -0.15) is 17.3 Å². The monoisotopic (exact) mass is 1020 g/mol. The second kappa shape index (κ2) is 24.9. The summed E-state index contributed by atoms with van der Waals surface area (Å²) in [6, 6.07) is 8.76.